The third-order valence-electron chi connectivity index (χ3n) is 3.30. The maximum atomic E-state index is 5.40. The first-order valence-corrected chi connectivity index (χ1v) is 5.10. The number of likely N-dealkylation sites (tertiary alicyclic amines) is 1. The zero-order valence-electron chi connectivity index (χ0n) is 8.58. The van der Waals surface area contributed by atoms with Crippen molar-refractivity contribution in [3.8, 4) is 0 Å². The van der Waals surface area contributed by atoms with Crippen LogP contribution in [0.3, 0.4) is 0 Å². The predicted molar refractivity (Wildman–Crippen MR) is 50.8 cm³/mol. The Labute approximate surface area is 80.0 Å². The zero-order valence-corrected chi connectivity index (χ0v) is 8.58. The minimum absolute atomic E-state index is 0.303. The number of piperidine rings is 1. The monoisotopic (exact) mass is 185 g/mol. The molecule has 0 N–H and O–H groups in total. The molecule has 2 aliphatic rings. The van der Waals surface area contributed by atoms with E-state index in [1.807, 2.05) is 7.11 Å². The Balaban J connectivity index is 1.91. The second kappa shape index (κ2) is 3.56. The molecule has 0 bridgehead atoms. The van der Waals surface area contributed by atoms with Crippen molar-refractivity contribution in [3.63, 3.8) is 0 Å². The van der Waals surface area contributed by atoms with E-state index in [0.29, 0.717) is 11.6 Å². The summed E-state index contributed by atoms with van der Waals surface area (Å²) < 4.78 is 10.7. The van der Waals surface area contributed by atoms with Crippen LogP contribution in [0.25, 0.3) is 0 Å². The SMILES string of the molecule is COC1CCCN(C2(C)COC2)C1. The normalized spacial score (nSPS) is 34.2. The molecule has 3 heteroatoms. The molecule has 0 amide bonds. The maximum absolute atomic E-state index is 5.40. The summed E-state index contributed by atoms with van der Waals surface area (Å²) >= 11 is 0. The first-order chi connectivity index (χ1) is 6.24. The Morgan fingerprint density at radius 3 is 2.77 bits per heavy atom. The standard InChI is InChI=1S/C10H19NO2/c1-10(7-13-8-10)11-5-3-4-9(6-11)12-2/h9H,3-8H2,1-2H3. The van der Waals surface area contributed by atoms with Crippen molar-refractivity contribution in [2.24, 2.45) is 0 Å². The molecular weight excluding hydrogens is 166 g/mol. The summed E-state index contributed by atoms with van der Waals surface area (Å²) in [5, 5.41) is 0. The fourth-order valence-electron chi connectivity index (χ4n) is 2.20. The average Bonchev–Trinajstić information content (AvgIpc) is 2.14. The van der Waals surface area contributed by atoms with Gasteiger partial charge in [-0.15, -0.1) is 0 Å². The van der Waals surface area contributed by atoms with Crippen LogP contribution >= 0.6 is 0 Å². The van der Waals surface area contributed by atoms with E-state index in [1.54, 1.807) is 0 Å². The molecule has 0 aromatic heterocycles. The van der Waals surface area contributed by atoms with E-state index in [4.69, 9.17) is 9.47 Å². The second-order valence-corrected chi connectivity index (χ2v) is 4.44. The molecule has 2 saturated heterocycles. The highest BCUT2D eigenvalue weighted by atomic mass is 16.5. The molecule has 0 aliphatic carbocycles. The molecule has 2 fully saturated rings. The molecule has 13 heavy (non-hydrogen) atoms. The van der Waals surface area contributed by atoms with Crippen LogP contribution in [-0.2, 0) is 9.47 Å². The summed E-state index contributed by atoms with van der Waals surface area (Å²) in [6.45, 7) is 6.36. The van der Waals surface area contributed by atoms with E-state index in [1.165, 1.54) is 19.4 Å². The third-order valence-corrected chi connectivity index (χ3v) is 3.30. The zero-order chi connectivity index (χ0) is 9.31. The van der Waals surface area contributed by atoms with Gasteiger partial charge < -0.3 is 9.47 Å². The summed E-state index contributed by atoms with van der Waals surface area (Å²) in [7, 11) is 1.81. The van der Waals surface area contributed by atoms with Gasteiger partial charge in [-0.05, 0) is 26.3 Å². The van der Waals surface area contributed by atoms with E-state index >= 15 is 0 Å². The first-order valence-electron chi connectivity index (χ1n) is 5.10. The molecule has 0 aromatic carbocycles. The van der Waals surface area contributed by atoms with Gasteiger partial charge in [0.05, 0.1) is 24.9 Å². The largest absolute Gasteiger partial charge is 0.380 e. The Hall–Kier alpha value is -0.120. The maximum Gasteiger partial charge on any atom is 0.0698 e. The van der Waals surface area contributed by atoms with E-state index < -0.39 is 0 Å². The van der Waals surface area contributed by atoms with Gasteiger partial charge in [-0.3, -0.25) is 4.90 Å². The quantitative estimate of drug-likeness (QED) is 0.637. The Kier molecular flexibility index (Phi) is 2.58. The number of hydrogen-bond acceptors (Lipinski definition) is 3. The summed E-state index contributed by atoms with van der Waals surface area (Å²) in [5.41, 5.74) is 0.303. The highest BCUT2D eigenvalue weighted by Gasteiger charge is 2.41. The van der Waals surface area contributed by atoms with Crippen LogP contribution in [0.5, 0.6) is 0 Å². The number of nitrogens with zero attached hydrogens (tertiary/aromatic N) is 1. The van der Waals surface area contributed by atoms with Gasteiger partial charge in [0.15, 0.2) is 0 Å². The van der Waals surface area contributed by atoms with E-state index in [9.17, 15) is 0 Å². The van der Waals surface area contributed by atoms with Gasteiger partial charge in [0.25, 0.3) is 0 Å². The number of ether oxygens (including phenoxy) is 2. The van der Waals surface area contributed by atoms with Crippen LogP contribution in [0, 0.1) is 0 Å². The van der Waals surface area contributed by atoms with Crippen LogP contribution in [0.2, 0.25) is 0 Å². The molecule has 0 saturated carbocycles. The molecule has 0 radical (unpaired) electrons. The lowest BCUT2D eigenvalue weighted by Gasteiger charge is -2.50. The summed E-state index contributed by atoms with van der Waals surface area (Å²) in [6, 6.07) is 0. The highest BCUT2D eigenvalue weighted by Crippen LogP contribution is 2.28. The van der Waals surface area contributed by atoms with Gasteiger partial charge in [0.2, 0.25) is 0 Å². The van der Waals surface area contributed by atoms with Crippen molar-refractivity contribution in [1.82, 2.24) is 4.90 Å². The minimum atomic E-state index is 0.303. The summed E-state index contributed by atoms with van der Waals surface area (Å²) in [4.78, 5) is 2.52. The Morgan fingerprint density at radius 2 is 2.23 bits per heavy atom. The Bertz CT molecular complexity index is 180. The molecule has 0 spiro atoms. The van der Waals surface area contributed by atoms with Crippen LogP contribution in [0.1, 0.15) is 19.8 Å². The van der Waals surface area contributed by atoms with Gasteiger partial charge >= 0.3 is 0 Å². The molecule has 2 rings (SSSR count). The highest BCUT2D eigenvalue weighted by molar-refractivity contribution is 4.94. The molecule has 2 aliphatic heterocycles. The topological polar surface area (TPSA) is 21.7 Å². The molecule has 3 nitrogen and oxygen atoms in total. The third kappa shape index (κ3) is 1.73. The van der Waals surface area contributed by atoms with Crippen molar-refractivity contribution in [3.05, 3.63) is 0 Å². The van der Waals surface area contributed by atoms with Crippen molar-refractivity contribution >= 4 is 0 Å². The van der Waals surface area contributed by atoms with Crippen molar-refractivity contribution in [2.75, 3.05) is 33.4 Å². The van der Waals surface area contributed by atoms with Crippen molar-refractivity contribution in [1.29, 1.82) is 0 Å². The lowest BCUT2D eigenvalue weighted by atomic mass is 9.94. The van der Waals surface area contributed by atoms with Gasteiger partial charge in [-0.25, -0.2) is 0 Å². The van der Waals surface area contributed by atoms with E-state index in [0.717, 1.165) is 19.8 Å². The van der Waals surface area contributed by atoms with Gasteiger partial charge in [0.1, 0.15) is 0 Å². The fraction of sp³-hybridized carbons (Fsp3) is 1.00. The van der Waals surface area contributed by atoms with Gasteiger partial charge in [-0.2, -0.15) is 0 Å². The van der Waals surface area contributed by atoms with Crippen LogP contribution in [0.15, 0.2) is 0 Å². The second-order valence-electron chi connectivity index (χ2n) is 4.44. The molecular formula is C10H19NO2. The van der Waals surface area contributed by atoms with Gasteiger partial charge in [-0.1, -0.05) is 0 Å². The molecule has 2 heterocycles. The fourth-order valence-corrected chi connectivity index (χ4v) is 2.20. The van der Waals surface area contributed by atoms with Crippen LogP contribution in [-0.4, -0.2) is 50.0 Å². The first kappa shape index (κ1) is 9.44. The number of hydrogen-bond donors (Lipinski definition) is 0. The van der Waals surface area contributed by atoms with Crippen LogP contribution in [0.4, 0.5) is 0 Å². The van der Waals surface area contributed by atoms with Crippen molar-refractivity contribution in [2.45, 2.75) is 31.4 Å². The minimum Gasteiger partial charge on any atom is -0.380 e. The molecule has 1 atom stereocenters. The van der Waals surface area contributed by atoms with Gasteiger partial charge in [0, 0.05) is 13.7 Å². The smallest absolute Gasteiger partial charge is 0.0698 e. The lowest BCUT2D eigenvalue weighted by Crippen LogP contribution is -2.63. The van der Waals surface area contributed by atoms with E-state index in [-0.39, 0.29) is 0 Å². The predicted octanol–water partition coefficient (Wildman–Crippen LogP) is 0.886. The molecule has 76 valence electrons. The molecule has 1 unspecified atom stereocenters. The van der Waals surface area contributed by atoms with E-state index in [2.05, 4.69) is 11.8 Å². The Morgan fingerprint density at radius 1 is 1.46 bits per heavy atom. The van der Waals surface area contributed by atoms with Crippen LogP contribution < -0.4 is 0 Å². The summed E-state index contributed by atoms with van der Waals surface area (Å²) in [5.74, 6) is 0. The van der Waals surface area contributed by atoms with Crippen molar-refractivity contribution < 1.29 is 9.47 Å². The lowest BCUT2D eigenvalue weighted by molar-refractivity contribution is -0.148. The number of methoxy groups -OCH3 is 1. The molecule has 0 aromatic rings. The number of rotatable bonds is 2. The summed E-state index contributed by atoms with van der Waals surface area (Å²) in [6.07, 6.45) is 2.91. The average molecular weight is 185 g/mol.